The summed E-state index contributed by atoms with van der Waals surface area (Å²) in [6.45, 7) is 5.59. The number of carbonyl (C=O) groups excluding carboxylic acids is 2. The Hall–Kier alpha value is -4.24. The maximum atomic E-state index is 16.4. The molecule has 0 aliphatic carbocycles. The maximum Gasteiger partial charge on any atom is 0.269 e. The number of amides is 2. The molecule has 2 aliphatic heterocycles. The second-order valence-electron chi connectivity index (χ2n) is 11.9. The van der Waals surface area contributed by atoms with Crippen molar-refractivity contribution in [3.8, 4) is 11.1 Å². The Morgan fingerprint density at radius 3 is 2.63 bits per heavy atom. The van der Waals surface area contributed by atoms with Crippen LogP contribution in [0.2, 0.25) is 0 Å². The zero-order chi connectivity index (χ0) is 30.1. The summed E-state index contributed by atoms with van der Waals surface area (Å²) >= 11 is 0. The predicted molar refractivity (Wildman–Crippen MR) is 167 cm³/mol. The van der Waals surface area contributed by atoms with Crippen molar-refractivity contribution in [2.75, 3.05) is 40.3 Å². The van der Waals surface area contributed by atoms with Crippen molar-refractivity contribution in [3.05, 3.63) is 83.1 Å². The Labute approximate surface area is 251 Å². The molecule has 0 radical (unpaired) electrons. The highest BCUT2D eigenvalue weighted by Gasteiger charge is 2.26. The second kappa shape index (κ2) is 12.2. The lowest BCUT2D eigenvalue weighted by molar-refractivity contribution is -0.131. The first-order chi connectivity index (χ1) is 20.8. The minimum absolute atomic E-state index is 0.0193. The second-order valence-corrected chi connectivity index (χ2v) is 11.9. The highest BCUT2D eigenvalue weighted by Crippen LogP contribution is 2.39. The molecule has 0 bridgehead atoms. The molecule has 4 heterocycles. The van der Waals surface area contributed by atoms with E-state index in [-0.39, 0.29) is 11.8 Å². The van der Waals surface area contributed by atoms with Gasteiger partial charge in [0.15, 0.2) is 5.82 Å². The first kappa shape index (κ1) is 28.9. The molecule has 2 aromatic carbocycles. The van der Waals surface area contributed by atoms with Gasteiger partial charge in [-0.25, -0.2) is 4.39 Å². The summed E-state index contributed by atoms with van der Waals surface area (Å²) in [6.07, 6.45) is 8.78. The third-order valence-electron chi connectivity index (χ3n) is 8.80. The molecule has 43 heavy (non-hydrogen) atoms. The van der Waals surface area contributed by atoms with Crippen molar-refractivity contribution in [2.24, 2.45) is 0 Å². The minimum atomic E-state index is -0.405. The van der Waals surface area contributed by atoms with Gasteiger partial charge in [0.05, 0.1) is 5.52 Å². The number of hydrogen-bond donors (Lipinski definition) is 2. The number of fused-ring (bicyclic) bond motifs is 1. The van der Waals surface area contributed by atoms with Crippen LogP contribution in [0.3, 0.4) is 0 Å². The summed E-state index contributed by atoms with van der Waals surface area (Å²) in [7, 11) is 3.37. The fourth-order valence-electron chi connectivity index (χ4n) is 6.42. The van der Waals surface area contributed by atoms with Gasteiger partial charge in [0.1, 0.15) is 5.69 Å². The predicted octanol–water partition coefficient (Wildman–Crippen LogP) is 5.35. The number of nitrogens with one attached hydrogen (secondary N) is 2. The molecule has 2 aromatic heterocycles. The van der Waals surface area contributed by atoms with Crippen molar-refractivity contribution in [2.45, 2.75) is 45.1 Å². The summed E-state index contributed by atoms with van der Waals surface area (Å²) in [5.74, 6) is -0.0750. The first-order valence-corrected chi connectivity index (χ1v) is 15.1. The van der Waals surface area contributed by atoms with Gasteiger partial charge in [-0.05, 0) is 91.2 Å². The highest BCUT2D eigenvalue weighted by atomic mass is 19.1. The number of halogens is 1. The molecule has 224 valence electrons. The van der Waals surface area contributed by atoms with Crippen LogP contribution in [0.15, 0.2) is 54.9 Å². The van der Waals surface area contributed by atoms with Gasteiger partial charge in [0.2, 0.25) is 5.91 Å². The monoisotopic (exact) mass is 582 g/mol. The number of aromatic nitrogens is 3. The zero-order valence-corrected chi connectivity index (χ0v) is 25.1. The number of aryl methyl sites for hydroxylation is 2. The van der Waals surface area contributed by atoms with E-state index in [9.17, 15) is 9.59 Å². The van der Waals surface area contributed by atoms with E-state index >= 15 is 4.39 Å². The van der Waals surface area contributed by atoms with Gasteiger partial charge in [-0.1, -0.05) is 24.3 Å². The van der Waals surface area contributed by atoms with Crippen molar-refractivity contribution >= 4 is 28.3 Å². The number of piperidine rings is 1. The van der Waals surface area contributed by atoms with E-state index in [0.717, 1.165) is 48.2 Å². The third-order valence-corrected chi connectivity index (χ3v) is 8.80. The van der Waals surface area contributed by atoms with E-state index in [1.54, 1.807) is 35.9 Å². The highest BCUT2D eigenvalue weighted by molar-refractivity contribution is 6.05. The fourth-order valence-corrected chi connectivity index (χ4v) is 6.42. The molecule has 0 atom stereocenters. The van der Waals surface area contributed by atoms with Crippen LogP contribution in [0.1, 0.15) is 58.8 Å². The van der Waals surface area contributed by atoms with Crippen LogP contribution in [0.4, 0.5) is 4.39 Å². The standard InChI is InChI=1S/C34H39FN6O2/c1-22-18-24(23-9-13-36-14-10-23)7-8-26(22)28-19-27(32(35)33-29(28)20-30(38-33)34(43)39(2)3)25-6-4-15-40(21-25)31(42)11-17-41-16-5-12-37-41/h5-8,12,16,18-20,23,36,38H,4,9-11,13-15,17,21H2,1-3H3. The molecule has 2 N–H and O–H groups in total. The molecule has 2 amide bonds. The van der Waals surface area contributed by atoms with Gasteiger partial charge >= 0.3 is 0 Å². The Morgan fingerprint density at radius 1 is 1.09 bits per heavy atom. The fraction of sp³-hybridized carbons (Fsp3) is 0.382. The number of H-pyrrole nitrogens is 1. The number of rotatable bonds is 7. The number of aromatic amines is 1. The first-order valence-electron chi connectivity index (χ1n) is 15.1. The minimum Gasteiger partial charge on any atom is -0.348 e. The van der Waals surface area contributed by atoms with E-state index in [2.05, 4.69) is 40.5 Å². The van der Waals surface area contributed by atoms with Crippen molar-refractivity contribution in [3.63, 3.8) is 0 Å². The zero-order valence-electron chi connectivity index (χ0n) is 25.1. The molecular weight excluding hydrogens is 543 g/mol. The number of hydrogen-bond acceptors (Lipinski definition) is 4. The Kier molecular flexibility index (Phi) is 8.17. The Morgan fingerprint density at radius 2 is 1.91 bits per heavy atom. The summed E-state index contributed by atoms with van der Waals surface area (Å²) in [5.41, 5.74) is 6.21. The van der Waals surface area contributed by atoms with Crippen molar-refractivity contribution in [1.29, 1.82) is 0 Å². The molecule has 0 spiro atoms. The quantitative estimate of drug-likeness (QED) is 0.308. The summed E-state index contributed by atoms with van der Waals surface area (Å²) in [5, 5.41) is 8.30. The largest absolute Gasteiger partial charge is 0.348 e. The molecule has 6 rings (SSSR count). The van der Waals surface area contributed by atoms with Gasteiger partial charge in [0, 0.05) is 63.5 Å². The molecule has 1 saturated heterocycles. The summed E-state index contributed by atoms with van der Waals surface area (Å²) in [6, 6.07) is 12.1. The van der Waals surface area contributed by atoms with Crippen LogP contribution in [0, 0.1) is 12.7 Å². The van der Waals surface area contributed by atoms with Gasteiger partial charge in [-0.15, -0.1) is 0 Å². The lowest BCUT2D eigenvalue weighted by Gasteiger charge is -2.28. The number of carbonyl (C=O) groups is 2. The Bertz CT molecular complexity index is 1680. The van der Waals surface area contributed by atoms with Gasteiger partial charge < -0.3 is 20.1 Å². The van der Waals surface area contributed by atoms with Crippen LogP contribution in [0.5, 0.6) is 0 Å². The van der Waals surface area contributed by atoms with Gasteiger partial charge in [-0.2, -0.15) is 5.10 Å². The third kappa shape index (κ3) is 5.86. The van der Waals surface area contributed by atoms with Crippen LogP contribution < -0.4 is 5.32 Å². The number of nitrogens with zero attached hydrogens (tertiary/aromatic N) is 4. The normalized spacial score (nSPS) is 16.0. The van der Waals surface area contributed by atoms with E-state index in [1.165, 1.54) is 10.5 Å². The van der Waals surface area contributed by atoms with Crippen LogP contribution in [-0.4, -0.2) is 76.7 Å². The molecule has 2 aliphatic rings. The molecule has 4 aromatic rings. The average Bonchev–Trinajstić information content (AvgIpc) is 3.71. The average molecular weight is 583 g/mol. The lowest BCUT2D eigenvalue weighted by Crippen LogP contribution is -2.36. The van der Waals surface area contributed by atoms with Crippen LogP contribution in [0.25, 0.3) is 27.6 Å². The maximum absolute atomic E-state index is 16.4. The molecule has 1 fully saturated rings. The number of benzene rings is 2. The van der Waals surface area contributed by atoms with E-state index < -0.39 is 5.82 Å². The van der Waals surface area contributed by atoms with E-state index in [1.807, 2.05) is 24.4 Å². The van der Waals surface area contributed by atoms with Crippen molar-refractivity contribution < 1.29 is 14.0 Å². The Balaban J connectivity index is 1.38. The van der Waals surface area contributed by atoms with Gasteiger partial charge in [0.25, 0.3) is 5.91 Å². The lowest BCUT2D eigenvalue weighted by atomic mass is 9.86. The summed E-state index contributed by atoms with van der Waals surface area (Å²) < 4.78 is 18.1. The van der Waals surface area contributed by atoms with Crippen LogP contribution >= 0.6 is 0 Å². The topological polar surface area (TPSA) is 86.3 Å². The van der Waals surface area contributed by atoms with Crippen LogP contribution in [-0.2, 0) is 11.3 Å². The van der Waals surface area contributed by atoms with E-state index in [0.29, 0.717) is 60.6 Å². The molecular formula is C34H39FN6O2. The molecule has 0 unspecified atom stereocenters. The van der Waals surface area contributed by atoms with Gasteiger partial charge in [-0.3, -0.25) is 14.3 Å². The molecule has 9 heteroatoms. The summed E-state index contributed by atoms with van der Waals surface area (Å²) in [4.78, 5) is 32.4. The van der Waals surface area contributed by atoms with Crippen molar-refractivity contribution in [1.82, 2.24) is 29.9 Å². The smallest absolute Gasteiger partial charge is 0.269 e. The molecule has 8 nitrogen and oxygen atoms in total. The van der Waals surface area contributed by atoms with E-state index in [4.69, 9.17) is 0 Å². The SMILES string of the molecule is Cc1cc(C2CCNCC2)ccc1-c1cc(C2=CCCN(C(=O)CCn3cccn3)C2)c(F)c2[nH]c(C(=O)N(C)C)cc12. The molecule has 0 saturated carbocycles.